The van der Waals surface area contributed by atoms with Gasteiger partial charge in [0.2, 0.25) is 0 Å². The van der Waals surface area contributed by atoms with Gasteiger partial charge < -0.3 is 10.0 Å². The Bertz CT molecular complexity index is 692. The van der Waals surface area contributed by atoms with Crippen LogP contribution < -0.4 is 4.90 Å². The van der Waals surface area contributed by atoms with Gasteiger partial charge in [0.05, 0.1) is 11.6 Å². The topological polar surface area (TPSA) is 70.7 Å². The van der Waals surface area contributed by atoms with Gasteiger partial charge in [-0.05, 0) is 31.7 Å². The number of carboxylic acids is 1. The number of rotatable bonds is 3. The van der Waals surface area contributed by atoms with E-state index in [1.165, 1.54) is 12.8 Å². The van der Waals surface area contributed by atoms with Gasteiger partial charge in [0, 0.05) is 31.4 Å². The van der Waals surface area contributed by atoms with Crippen LogP contribution in [0.25, 0.3) is 5.52 Å². The molecule has 2 aromatic heterocycles. The molecular weight excluding hydrogens is 268 g/mol. The van der Waals surface area contributed by atoms with Crippen molar-refractivity contribution in [3.63, 3.8) is 0 Å². The summed E-state index contributed by atoms with van der Waals surface area (Å²) in [4.78, 5) is 17.8. The highest BCUT2D eigenvalue weighted by molar-refractivity contribution is 5.73. The summed E-state index contributed by atoms with van der Waals surface area (Å²) in [5.41, 5.74) is 2.13. The number of hydrogen-bond donors (Lipinski definition) is 1. The number of hydrogen-bond acceptors (Lipinski definition) is 4. The minimum Gasteiger partial charge on any atom is -0.481 e. The van der Waals surface area contributed by atoms with E-state index in [2.05, 4.69) is 21.0 Å². The van der Waals surface area contributed by atoms with Crippen molar-refractivity contribution in [2.24, 2.45) is 5.92 Å². The molecule has 1 N–H and O–H groups in total. The Balaban J connectivity index is 1.70. The Hall–Kier alpha value is -2.11. The Morgan fingerprint density at radius 3 is 2.95 bits per heavy atom. The summed E-state index contributed by atoms with van der Waals surface area (Å²) >= 11 is 0. The predicted molar refractivity (Wildman–Crippen MR) is 77.5 cm³/mol. The van der Waals surface area contributed by atoms with Crippen LogP contribution in [-0.2, 0) is 4.79 Å². The monoisotopic (exact) mass is 286 g/mol. The van der Waals surface area contributed by atoms with Crippen molar-refractivity contribution in [3.8, 4) is 0 Å². The van der Waals surface area contributed by atoms with E-state index in [0.717, 1.165) is 36.4 Å². The second-order valence-corrected chi connectivity index (χ2v) is 6.05. The van der Waals surface area contributed by atoms with Crippen LogP contribution in [0.3, 0.4) is 0 Å². The molecule has 110 valence electrons. The molecule has 2 aliphatic rings. The second-order valence-electron chi connectivity index (χ2n) is 6.05. The molecule has 21 heavy (non-hydrogen) atoms. The zero-order valence-electron chi connectivity index (χ0n) is 11.8. The molecule has 0 aromatic carbocycles. The van der Waals surface area contributed by atoms with Crippen molar-refractivity contribution in [2.75, 3.05) is 18.0 Å². The molecule has 0 bridgehead atoms. The molecule has 6 nitrogen and oxygen atoms in total. The van der Waals surface area contributed by atoms with Gasteiger partial charge in [0.25, 0.3) is 0 Å². The quantitative estimate of drug-likeness (QED) is 0.933. The first kappa shape index (κ1) is 12.6. The highest BCUT2D eigenvalue weighted by Gasteiger charge is 2.29. The van der Waals surface area contributed by atoms with E-state index in [1.54, 1.807) is 6.20 Å². The summed E-state index contributed by atoms with van der Waals surface area (Å²) in [6.07, 6.45) is 7.69. The molecule has 1 aliphatic carbocycles. The van der Waals surface area contributed by atoms with Crippen LogP contribution in [0.5, 0.6) is 0 Å². The third-order valence-corrected chi connectivity index (χ3v) is 4.45. The third kappa shape index (κ3) is 2.24. The van der Waals surface area contributed by atoms with Crippen LogP contribution in [0.15, 0.2) is 18.5 Å². The van der Waals surface area contributed by atoms with Crippen molar-refractivity contribution in [1.29, 1.82) is 0 Å². The summed E-state index contributed by atoms with van der Waals surface area (Å²) in [6, 6.07) is 2.12. The summed E-state index contributed by atoms with van der Waals surface area (Å²) in [6.45, 7) is 1.40. The van der Waals surface area contributed by atoms with Crippen LogP contribution in [0.4, 0.5) is 5.82 Å². The standard InChI is InChI=1S/C15H18N4O2/c20-15(21)11-2-1-6-18(9-11)14-13-8-12(10-3-4-10)17-19(13)7-5-16-14/h5,7-8,10-11H,1-4,6,9H2,(H,20,21)/t11-/m1/s1. The first-order chi connectivity index (χ1) is 10.2. The SMILES string of the molecule is O=C(O)[C@@H]1CCCN(c2nccn3nc(C4CC4)cc23)C1. The zero-order chi connectivity index (χ0) is 14.4. The highest BCUT2D eigenvalue weighted by Crippen LogP contribution is 2.40. The first-order valence-electron chi connectivity index (χ1n) is 7.54. The molecule has 4 rings (SSSR count). The highest BCUT2D eigenvalue weighted by atomic mass is 16.4. The lowest BCUT2D eigenvalue weighted by Gasteiger charge is -2.31. The number of carboxylic acid groups (broad SMARTS) is 1. The average molecular weight is 286 g/mol. The van der Waals surface area contributed by atoms with E-state index in [9.17, 15) is 9.90 Å². The minimum atomic E-state index is -0.709. The van der Waals surface area contributed by atoms with Gasteiger partial charge in [-0.2, -0.15) is 5.10 Å². The molecule has 6 heteroatoms. The molecule has 1 saturated heterocycles. The van der Waals surface area contributed by atoms with E-state index >= 15 is 0 Å². The lowest BCUT2D eigenvalue weighted by atomic mass is 9.98. The van der Waals surface area contributed by atoms with Crippen molar-refractivity contribution in [1.82, 2.24) is 14.6 Å². The smallest absolute Gasteiger partial charge is 0.308 e. The van der Waals surface area contributed by atoms with Gasteiger partial charge in [-0.25, -0.2) is 9.50 Å². The largest absolute Gasteiger partial charge is 0.481 e. The molecule has 0 spiro atoms. The van der Waals surface area contributed by atoms with E-state index < -0.39 is 5.97 Å². The van der Waals surface area contributed by atoms with Crippen LogP contribution in [0.1, 0.15) is 37.3 Å². The molecule has 2 fully saturated rings. The number of fused-ring (bicyclic) bond motifs is 1. The van der Waals surface area contributed by atoms with Gasteiger partial charge in [-0.1, -0.05) is 0 Å². The lowest BCUT2D eigenvalue weighted by molar-refractivity contribution is -0.141. The molecule has 1 atom stereocenters. The van der Waals surface area contributed by atoms with Crippen molar-refractivity contribution >= 4 is 17.3 Å². The molecular formula is C15H18N4O2. The van der Waals surface area contributed by atoms with E-state index in [0.29, 0.717) is 12.5 Å². The average Bonchev–Trinajstić information content (AvgIpc) is 3.26. The third-order valence-electron chi connectivity index (χ3n) is 4.45. The Morgan fingerprint density at radius 2 is 2.19 bits per heavy atom. The molecule has 3 heterocycles. The molecule has 0 unspecified atom stereocenters. The predicted octanol–water partition coefficient (Wildman–Crippen LogP) is 1.91. The summed E-state index contributed by atoms with van der Waals surface area (Å²) < 4.78 is 1.88. The number of aromatic nitrogens is 3. The molecule has 0 amide bonds. The molecule has 0 radical (unpaired) electrons. The Kier molecular flexibility index (Phi) is 2.83. The van der Waals surface area contributed by atoms with Crippen LogP contribution in [-0.4, -0.2) is 38.8 Å². The van der Waals surface area contributed by atoms with Crippen molar-refractivity contribution in [2.45, 2.75) is 31.6 Å². The van der Waals surface area contributed by atoms with E-state index in [4.69, 9.17) is 0 Å². The fourth-order valence-electron chi connectivity index (χ4n) is 3.12. The first-order valence-corrected chi connectivity index (χ1v) is 7.54. The summed E-state index contributed by atoms with van der Waals surface area (Å²) in [5, 5.41) is 13.9. The molecule has 1 aliphatic heterocycles. The van der Waals surface area contributed by atoms with Crippen molar-refractivity contribution < 1.29 is 9.90 Å². The summed E-state index contributed by atoms with van der Waals surface area (Å²) in [5.74, 6) is 0.458. The van der Waals surface area contributed by atoms with Gasteiger partial charge in [-0.15, -0.1) is 0 Å². The molecule has 1 saturated carbocycles. The van der Waals surface area contributed by atoms with Crippen LogP contribution >= 0.6 is 0 Å². The fourth-order valence-corrected chi connectivity index (χ4v) is 3.12. The number of piperidine rings is 1. The fraction of sp³-hybridized carbons (Fsp3) is 0.533. The Labute approximate surface area is 122 Å². The van der Waals surface area contributed by atoms with Crippen LogP contribution in [0, 0.1) is 5.92 Å². The minimum absolute atomic E-state index is 0.299. The zero-order valence-corrected chi connectivity index (χ0v) is 11.8. The normalized spacial score (nSPS) is 22.7. The maximum absolute atomic E-state index is 11.2. The number of aliphatic carboxylic acids is 1. The molecule has 2 aromatic rings. The van der Waals surface area contributed by atoms with Crippen LogP contribution in [0.2, 0.25) is 0 Å². The van der Waals surface area contributed by atoms with Gasteiger partial charge >= 0.3 is 5.97 Å². The van der Waals surface area contributed by atoms with Gasteiger partial charge in [0.15, 0.2) is 5.82 Å². The number of nitrogens with zero attached hydrogens (tertiary/aromatic N) is 4. The number of carbonyl (C=O) groups is 1. The maximum atomic E-state index is 11.2. The van der Waals surface area contributed by atoms with Gasteiger partial charge in [0.1, 0.15) is 5.52 Å². The van der Waals surface area contributed by atoms with E-state index in [-0.39, 0.29) is 5.92 Å². The second kappa shape index (κ2) is 4.72. The number of anilines is 1. The lowest BCUT2D eigenvalue weighted by Crippen LogP contribution is -2.39. The van der Waals surface area contributed by atoms with Crippen molar-refractivity contribution in [3.05, 3.63) is 24.2 Å². The maximum Gasteiger partial charge on any atom is 0.308 e. The van der Waals surface area contributed by atoms with Gasteiger partial charge in [-0.3, -0.25) is 4.79 Å². The summed E-state index contributed by atoms with van der Waals surface area (Å²) in [7, 11) is 0. The Morgan fingerprint density at radius 1 is 1.33 bits per heavy atom. The van der Waals surface area contributed by atoms with E-state index in [1.807, 2.05) is 10.7 Å².